The minimum absolute atomic E-state index is 0. The van der Waals surface area contributed by atoms with Gasteiger partial charge in [0.1, 0.15) is 0 Å². The largest absolute Gasteiger partial charge is 0.677 e. The van der Waals surface area contributed by atoms with E-state index < -0.39 is 0 Å². The van der Waals surface area contributed by atoms with Gasteiger partial charge in [0.25, 0.3) is 0 Å². The predicted octanol–water partition coefficient (Wildman–Crippen LogP) is 1.84. The van der Waals surface area contributed by atoms with Crippen molar-refractivity contribution in [3.63, 3.8) is 0 Å². The van der Waals surface area contributed by atoms with E-state index >= 15 is 0 Å². The van der Waals surface area contributed by atoms with Crippen LogP contribution in [0.15, 0.2) is 0 Å². The SMILES string of the molecule is CCCC[NH-].[Ni]. The third-order valence-corrected chi connectivity index (χ3v) is 0.530. The molecule has 0 unspecified atom stereocenters. The van der Waals surface area contributed by atoms with Crippen molar-refractivity contribution in [2.75, 3.05) is 6.54 Å². The van der Waals surface area contributed by atoms with Crippen molar-refractivity contribution >= 4 is 0 Å². The number of nitrogens with one attached hydrogen (secondary N) is 1. The summed E-state index contributed by atoms with van der Waals surface area (Å²) in [4.78, 5) is 0. The zero-order chi connectivity index (χ0) is 4.12. The molecule has 0 atom stereocenters. The second kappa shape index (κ2) is 9.07. The van der Waals surface area contributed by atoms with Crippen molar-refractivity contribution in [3.05, 3.63) is 5.73 Å². The van der Waals surface area contributed by atoms with Gasteiger partial charge in [-0.3, -0.25) is 0 Å². The van der Waals surface area contributed by atoms with E-state index in [1.165, 1.54) is 0 Å². The molecule has 0 fully saturated rings. The van der Waals surface area contributed by atoms with Crippen LogP contribution in [0.4, 0.5) is 0 Å². The second-order valence-corrected chi connectivity index (χ2v) is 1.10. The summed E-state index contributed by atoms with van der Waals surface area (Å²) in [6.07, 6.45) is 2.21. The van der Waals surface area contributed by atoms with E-state index in [-0.39, 0.29) is 16.5 Å². The average molecular weight is 131 g/mol. The maximum atomic E-state index is 6.60. The van der Waals surface area contributed by atoms with Crippen LogP contribution in [0.5, 0.6) is 0 Å². The van der Waals surface area contributed by atoms with E-state index in [0.717, 1.165) is 12.8 Å². The molecule has 0 aromatic carbocycles. The van der Waals surface area contributed by atoms with Crippen molar-refractivity contribution in [3.8, 4) is 0 Å². The fourth-order valence-corrected chi connectivity index (χ4v) is 0.177. The Balaban J connectivity index is 0. The molecule has 0 aliphatic heterocycles. The van der Waals surface area contributed by atoms with Gasteiger partial charge in [-0.15, -0.1) is 0 Å². The van der Waals surface area contributed by atoms with Crippen LogP contribution in [-0.2, 0) is 16.5 Å². The Morgan fingerprint density at radius 1 is 1.50 bits per heavy atom. The van der Waals surface area contributed by atoms with Crippen LogP contribution < -0.4 is 0 Å². The van der Waals surface area contributed by atoms with Gasteiger partial charge >= 0.3 is 0 Å². The molecule has 0 radical (unpaired) electrons. The molecule has 2 heteroatoms. The van der Waals surface area contributed by atoms with Crippen molar-refractivity contribution in [1.82, 2.24) is 0 Å². The summed E-state index contributed by atoms with van der Waals surface area (Å²) >= 11 is 0. The van der Waals surface area contributed by atoms with Gasteiger partial charge in [-0.25, -0.2) is 0 Å². The molecule has 1 nitrogen and oxygen atoms in total. The summed E-state index contributed by atoms with van der Waals surface area (Å²) in [6.45, 7) is 2.69. The van der Waals surface area contributed by atoms with Gasteiger partial charge in [0, 0.05) is 16.5 Å². The van der Waals surface area contributed by atoms with E-state index in [0.29, 0.717) is 6.54 Å². The Morgan fingerprint density at radius 3 is 2.00 bits per heavy atom. The van der Waals surface area contributed by atoms with Gasteiger partial charge in [0.15, 0.2) is 0 Å². The van der Waals surface area contributed by atoms with Gasteiger partial charge in [-0.05, 0) is 0 Å². The van der Waals surface area contributed by atoms with Crippen LogP contribution in [0.3, 0.4) is 0 Å². The molecular weight excluding hydrogens is 121 g/mol. The second-order valence-electron chi connectivity index (χ2n) is 1.10. The Labute approximate surface area is 49.2 Å². The summed E-state index contributed by atoms with van der Waals surface area (Å²) in [7, 11) is 0. The van der Waals surface area contributed by atoms with Crippen molar-refractivity contribution in [1.29, 1.82) is 0 Å². The maximum absolute atomic E-state index is 6.60. The maximum Gasteiger partial charge on any atom is 0 e. The summed E-state index contributed by atoms with van der Waals surface area (Å²) in [6, 6.07) is 0. The molecule has 0 saturated heterocycles. The molecule has 0 bridgehead atoms. The molecule has 1 N–H and O–H groups in total. The number of hydrogen-bond donors (Lipinski definition) is 0. The molecule has 6 heavy (non-hydrogen) atoms. The van der Waals surface area contributed by atoms with E-state index in [2.05, 4.69) is 6.92 Å². The Bertz CT molecular complexity index is 15.0. The number of hydrogen-bond acceptors (Lipinski definition) is 0. The van der Waals surface area contributed by atoms with Crippen LogP contribution in [0.25, 0.3) is 5.73 Å². The van der Waals surface area contributed by atoms with Crippen molar-refractivity contribution < 1.29 is 16.5 Å². The van der Waals surface area contributed by atoms with Gasteiger partial charge in [-0.2, -0.15) is 6.54 Å². The van der Waals surface area contributed by atoms with Gasteiger partial charge in [0.05, 0.1) is 0 Å². The molecule has 0 aromatic heterocycles. The first-order valence-electron chi connectivity index (χ1n) is 2.06. The van der Waals surface area contributed by atoms with E-state index in [4.69, 9.17) is 5.73 Å². The summed E-state index contributed by atoms with van der Waals surface area (Å²) < 4.78 is 0. The third-order valence-electron chi connectivity index (χ3n) is 0.530. The number of rotatable bonds is 2. The first kappa shape index (κ1) is 9.68. The normalized spacial score (nSPS) is 7.00. The van der Waals surface area contributed by atoms with Gasteiger partial charge in [0.2, 0.25) is 0 Å². The predicted molar refractivity (Wildman–Crippen MR) is 24.1 cm³/mol. The molecule has 0 spiro atoms. The molecule has 0 aromatic rings. The van der Waals surface area contributed by atoms with Crippen LogP contribution >= 0.6 is 0 Å². The van der Waals surface area contributed by atoms with E-state index in [1.807, 2.05) is 0 Å². The van der Waals surface area contributed by atoms with Gasteiger partial charge in [-0.1, -0.05) is 19.8 Å². The van der Waals surface area contributed by atoms with E-state index in [9.17, 15) is 0 Å². The van der Waals surface area contributed by atoms with Gasteiger partial charge < -0.3 is 5.73 Å². The van der Waals surface area contributed by atoms with Crippen LogP contribution in [0.1, 0.15) is 19.8 Å². The standard InChI is InChI=1S/C4H10N.Ni/c1-2-3-4-5;/h5H,2-4H2,1H3;/q-1;. The first-order chi connectivity index (χ1) is 2.41. The summed E-state index contributed by atoms with van der Waals surface area (Å²) in [5, 5.41) is 0. The molecule has 0 aliphatic carbocycles. The zero-order valence-electron chi connectivity index (χ0n) is 3.94. The van der Waals surface area contributed by atoms with Crippen molar-refractivity contribution in [2.45, 2.75) is 19.8 Å². The molecule has 0 rings (SSSR count). The fraction of sp³-hybridized carbons (Fsp3) is 1.00. The average Bonchev–Trinajstić information content (AvgIpc) is 1.41. The molecule has 0 saturated carbocycles. The fourth-order valence-electron chi connectivity index (χ4n) is 0.177. The minimum Gasteiger partial charge on any atom is -0.677 e. The molecular formula is C4H10NNi-. The quantitative estimate of drug-likeness (QED) is 0.510. The molecule has 0 amide bonds. The zero-order valence-corrected chi connectivity index (χ0v) is 4.93. The summed E-state index contributed by atoms with van der Waals surface area (Å²) in [5.41, 5.74) is 6.60. The van der Waals surface area contributed by atoms with Crippen LogP contribution in [0, 0.1) is 0 Å². The Kier molecular flexibility index (Phi) is 14.6. The monoisotopic (exact) mass is 130 g/mol. The first-order valence-corrected chi connectivity index (χ1v) is 2.06. The third kappa shape index (κ3) is 8.82. The molecule has 42 valence electrons. The van der Waals surface area contributed by atoms with Crippen LogP contribution in [-0.4, -0.2) is 6.54 Å². The molecule has 0 heterocycles. The summed E-state index contributed by atoms with van der Waals surface area (Å²) in [5.74, 6) is 0. The minimum atomic E-state index is 0. The number of unbranched alkanes of at least 4 members (excludes halogenated alkanes) is 1. The molecule has 0 aliphatic rings. The van der Waals surface area contributed by atoms with Crippen molar-refractivity contribution in [2.24, 2.45) is 0 Å². The smallest absolute Gasteiger partial charge is 0 e. The Morgan fingerprint density at radius 2 is 2.00 bits per heavy atom. The van der Waals surface area contributed by atoms with Crippen LogP contribution in [0.2, 0.25) is 0 Å². The Hall–Kier alpha value is 0.454. The van der Waals surface area contributed by atoms with E-state index in [1.54, 1.807) is 0 Å². The topological polar surface area (TPSA) is 23.8 Å².